The quantitative estimate of drug-likeness (QED) is 0.811. The highest BCUT2D eigenvalue weighted by atomic mass is 32.2. The van der Waals surface area contributed by atoms with Crippen LogP contribution in [0.5, 0.6) is 0 Å². The second-order valence-electron chi connectivity index (χ2n) is 6.21. The van der Waals surface area contributed by atoms with E-state index in [1.165, 1.54) is 10.6 Å². The van der Waals surface area contributed by atoms with Gasteiger partial charge in [0.15, 0.2) is 0 Å². The molecule has 0 saturated carbocycles. The number of nitrogens with one attached hydrogen (secondary N) is 1. The third kappa shape index (κ3) is 4.66. The van der Waals surface area contributed by atoms with E-state index >= 15 is 0 Å². The van der Waals surface area contributed by atoms with E-state index in [4.69, 9.17) is 0 Å². The van der Waals surface area contributed by atoms with Crippen LogP contribution in [0.3, 0.4) is 0 Å². The molecule has 3 heterocycles. The topological polar surface area (TPSA) is 67.2 Å². The van der Waals surface area contributed by atoms with E-state index in [2.05, 4.69) is 43.0 Å². The van der Waals surface area contributed by atoms with E-state index in [0.29, 0.717) is 12.5 Å². The molecule has 132 valence electrons. The molecule has 24 heavy (non-hydrogen) atoms. The van der Waals surface area contributed by atoms with Gasteiger partial charge in [0.25, 0.3) is 0 Å². The molecule has 1 aliphatic rings. The number of hydrogen-bond donors (Lipinski definition) is 1. The summed E-state index contributed by atoms with van der Waals surface area (Å²) in [6.45, 7) is 5.76. The van der Waals surface area contributed by atoms with E-state index in [-0.39, 0.29) is 5.75 Å². The molecule has 1 aliphatic heterocycles. The third-order valence-corrected chi connectivity index (χ3v) is 6.62. The van der Waals surface area contributed by atoms with Crippen molar-refractivity contribution in [3.63, 3.8) is 0 Å². The normalized spacial score (nSPS) is 19.1. The fourth-order valence-corrected chi connectivity index (χ4v) is 4.45. The van der Waals surface area contributed by atoms with Gasteiger partial charge in [-0.1, -0.05) is 6.07 Å². The zero-order valence-electron chi connectivity index (χ0n) is 13.9. The molecule has 0 aliphatic carbocycles. The summed E-state index contributed by atoms with van der Waals surface area (Å²) < 4.78 is 28.0. The standard InChI is InChI=1S/C16H24N4O2S2/c1-2-24(21,22)18-8-5-14-10-19(13-16-4-3-9-23-16)12-15-6-7-17-20(15)11-14/h3-4,6-7,9,14,18H,2,5,8,10-13H2,1H3. The molecule has 0 saturated heterocycles. The van der Waals surface area contributed by atoms with Crippen molar-refractivity contribution in [2.45, 2.75) is 33.0 Å². The van der Waals surface area contributed by atoms with Gasteiger partial charge in [-0.2, -0.15) is 5.10 Å². The lowest BCUT2D eigenvalue weighted by atomic mass is 10.1. The lowest BCUT2D eigenvalue weighted by Gasteiger charge is -2.23. The third-order valence-electron chi connectivity index (χ3n) is 4.35. The van der Waals surface area contributed by atoms with Crippen LogP contribution in [0.1, 0.15) is 23.9 Å². The molecule has 8 heteroatoms. The molecular formula is C16H24N4O2S2. The molecule has 0 aromatic carbocycles. The average molecular weight is 369 g/mol. The van der Waals surface area contributed by atoms with Gasteiger partial charge in [0, 0.05) is 43.8 Å². The largest absolute Gasteiger partial charge is 0.292 e. The molecule has 0 spiro atoms. The van der Waals surface area contributed by atoms with E-state index < -0.39 is 10.0 Å². The van der Waals surface area contributed by atoms with Crippen molar-refractivity contribution in [1.82, 2.24) is 19.4 Å². The number of thiophene rings is 1. The van der Waals surface area contributed by atoms with Crippen LogP contribution >= 0.6 is 11.3 Å². The Morgan fingerprint density at radius 1 is 1.38 bits per heavy atom. The molecule has 2 aromatic rings. The molecule has 1 atom stereocenters. The number of rotatable bonds is 7. The first kappa shape index (κ1) is 17.6. The summed E-state index contributed by atoms with van der Waals surface area (Å²) >= 11 is 1.78. The summed E-state index contributed by atoms with van der Waals surface area (Å²) in [6.07, 6.45) is 2.67. The number of aromatic nitrogens is 2. The van der Waals surface area contributed by atoms with Crippen molar-refractivity contribution in [1.29, 1.82) is 0 Å². The Kier molecular flexibility index (Phi) is 5.70. The minimum atomic E-state index is -3.12. The van der Waals surface area contributed by atoms with Gasteiger partial charge in [0.1, 0.15) is 0 Å². The van der Waals surface area contributed by atoms with Gasteiger partial charge in [-0.15, -0.1) is 11.3 Å². The number of fused-ring (bicyclic) bond motifs is 1. The van der Waals surface area contributed by atoms with Gasteiger partial charge < -0.3 is 0 Å². The van der Waals surface area contributed by atoms with E-state index in [1.807, 2.05) is 6.20 Å². The highest BCUT2D eigenvalue weighted by Crippen LogP contribution is 2.21. The van der Waals surface area contributed by atoms with Crippen molar-refractivity contribution in [2.75, 3.05) is 18.8 Å². The SMILES string of the molecule is CCS(=O)(=O)NCCC1CN(Cc2cccs2)Cc2ccnn2C1. The van der Waals surface area contributed by atoms with Crippen molar-refractivity contribution in [3.05, 3.63) is 40.3 Å². The number of sulfonamides is 1. The summed E-state index contributed by atoms with van der Waals surface area (Å²) in [6, 6.07) is 6.32. The van der Waals surface area contributed by atoms with Crippen molar-refractivity contribution < 1.29 is 8.42 Å². The van der Waals surface area contributed by atoms with Gasteiger partial charge in [0.05, 0.1) is 11.4 Å². The summed E-state index contributed by atoms with van der Waals surface area (Å²) in [5.74, 6) is 0.511. The Balaban J connectivity index is 1.65. The first-order valence-corrected chi connectivity index (χ1v) is 10.8. The summed E-state index contributed by atoms with van der Waals surface area (Å²) in [4.78, 5) is 3.79. The molecule has 0 fully saturated rings. The van der Waals surface area contributed by atoms with E-state index in [0.717, 1.165) is 32.6 Å². The predicted molar refractivity (Wildman–Crippen MR) is 96.2 cm³/mol. The molecule has 0 amide bonds. The van der Waals surface area contributed by atoms with Crippen LogP contribution < -0.4 is 4.72 Å². The molecule has 6 nitrogen and oxygen atoms in total. The first-order valence-electron chi connectivity index (χ1n) is 8.28. The average Bonchev–Trinajstić information content (AvgIpc) is 3.17. The summed E-state index contributed by atoms with van der Waals surface area (Å²) in [5, 5.41) is 6.53. The van der Waals surface area contributed by atoms with Crippen LogP contribution in [-0.4, -0.2) is 41.9 Å². The summed E-state index contributed by atoms with van der Waals surface area (Å²) in [7, 11) is -3.12. The Hall–Kier alpha value is -1.22. The zero-order valence-corrected chi connectivity index (χ0v) is 15.5. The minimum absolute atomic E-state index is 0.130. The Bertz CT molecular complexity index is 740. The molecule has 1 unspecified atom stereocenters. The molecule has 2 aromatic heterocycles. The summed E-state index contributed by atoms with van der Waals surface area (Å²) in [5.41, 5.74) is 1.23. The lowest BCUT2D eigenvalue weighted by Crippen LogP contribution is -2.32. The molecular weight excluding hydrogens is 344 g/mol. The van der Waals surface area contributed by atoms with E-state index in [1.54, 1.807) is 18.3 Å². The zero-order chi connectivity index (χ0) is 17.0. The van der Waals surface area contributed by atoms with Gasteiger partial charge in [-0.3, -0.25) is 9.58 Å². The maximum absolute atomic E-state index is 11.6. The fraction of sp³-hybridized carbons (Fsp3) is 0.562. The second kappa shape index (κ2) is 7.77. The second-order valence-corrected chi connectivity index (χ2v) is 9.33. The highest BCUT2D eigenvalue weighted by Gasteiger charge is 2.22. The highest BCUT2D eigenvalue weighted by molar-refractivity contribution is 7.89. The fourth-order valence-electron chi connectivity index (χ4n) is 3.07. The maximum atomic E-state index is 11.6. The Labute approximate surface area is 147 Å². The van der Waals surface area contributed by atoms with Gasteiger partial charge in [-0.25, -0.2) is 13.1 Å². The molecule has 3 rings (SSSR count). The lowest BCUT2D eigenvalue weighted by molar-refractivity contribution is 0.217. The first-order chi connectivity index (χ1) is 11.6. The Morgan fingerprint density at radius 3 is 3.00 bits per heavy atom. The van der Waals surface area contributed by atoms with Crippen molar-refractivity contribution in [3.8, 4) is 0 Å². The number of nitrogens with zero attached hydrogens (tertiary/aromatic N) is 3. The monoisotopic (exact) mass is 368 g/mol. The molecule has 0 radical (unpaired) electrons. The minimum Gasteiger partial charge on any atom is -0.292 e. The maximum Gasteiger partial charge on any atom is 0.211 e. The van der Waals surface area contributed by atoms with Crippen LogP contribution in [-0.2, 0) is 29.7 Å². The van der Waals surface area contributed by atoms with Gasteiger partial charge in [0.2, 0.25) is 10.0 Å². The predicted octanol–water partition coefficient (Wildman–Crippen LogP) is 1.91. The molecule has 1 N–H and O–H groups in total. The molecule has 0 bridgehead atoms. The van der Waals surface area contributed by atoms with Crippen LogP contribution in [0, 0.1) is 5.92 Å². The van der Waals surface area contributed by atoms with Crippen LogP contribution in [0.2, 0.25) is 0 Å². The smallest absolute Gasteiger partial charge is 0.211 e. The van der Waals surface area contributed by atoms with E-state index in [9.17, 15) is 8.42 Å². The Morgan fingerprint density at radius 2 is 2.25 bits per heavy atom. The van der Waals surface area contributed by atoms with Gasteiger partial charge >= 0.3 is 0 Å². The van der Waals surface area contributed by atoms with Crippen molar-refractivity contribution >= 4 is 21.4 Å². The van der Waals surface area contributed by atoms with Crippen molar-refractivity contribution in [2.24, 2.45) is 5.92 Å². The number of hydrogen-bond acceptors (Lipinski definition) is 5. The van der Waals surface area contributed by atoms with Crippen LogP contribution in [0.4, 0.5) is 0 Å². The van der Waals surface area contributed by atoms with Crippen LogP contribution in [0.25, 0.3) is 0 Å². The van der Waals surface area contributed by atoms with Crippen LogP contribution in [0.15, 0.2) is 29.8 Å². The van der Waals surface area contributed by atoms with Gasteiger partial charge in [-0.05, 0) is 36.8 Å².